The second-order valence-corrected chi connectivity index (χ2v) is 11.3. The summed E-state index contributed by atoms with van der Waals surface area (Å²) in [6.45, 7) is 4.97. The molecule has 4 aromatic rings. The van der Waals surface area contributed by atoms with Crippen LogP contribution in [0.2, 0.25) is 0 Å². The van der Waals surface area contributed by atoms with E-state index in [1.54, 1.807) is 12.1 Å². The van der Waals surface area contributed by atoms with Crippen LogP contribution in [0.4, 0.5) is 17.5 Å². The van der Waals surface area contributed by atoms with Gasteiger partial charge in [0.25, 0.3) is 0 Å². The van der Waals surface area contributed by atoms with Crippen LogP contribution in [0.3, 0.4) is 0 Å². The molecule has 12 heteroatoms. The summed E-state index contributed by atoms with van der Waals surface area (Å²) in [5, 5.41) is 10.1. The van der Waals surface area contributed by atoms with Crippen LogP contribution in [0.1, 0.15) is 24.2 Å². The van der Waals surface area contributed by atoms with Crippen LogP contribution in [0, 0.1) is 13.8 Å². The molecule has 3 N–H and O–H groups in total. The lowest BCUT2D eigenvalue weighted by Gasteiger charge is -2.17. The van der Waals surface area contributed by atoms with Crippen molar-refractivity contribution in [1.82, 2.24) is 29.5 Å². The van der Waals surface area contributed by atoms with Crippen molar-refractivity contribution in [1.29, 1.82) is 0 Å². The Morgan fingerprint density at radius 2 is 1.97 bits per heavy atom. The van der Waals surface area contributed by atoms with E-state index in [0.717, 1.165) is 17.0 Å². The number of nitrogens with zero attached hydrogens (tertiary/aromatic N) is 5. The summed E-state index contributed by atoms with van der Waals surface area (Å²) >= 11 is 0. The van der Waals surface area contributed by atoms with Gasteiger partial charge >= 0.3 is 0 Å². The van der Waals surface area contributed by atoms with E-state index in [1.807, 2.05) is 61.6 Å². The number of benzene rings is 1. The molecule has 0 amide bonds. The molecule has 11 nitrogen and oxygen atoms in total. The Bertz CT molecular complexity index is 1510. The smallest absolute Gasteiger partial charge is 0.235 e. The van der Waals surface area contributed by atoms with Crippen molar-refractivity contribution < 1.29 is 13.2 Å². The van der Waals surface area contributed by atoms with E-state index in [0.29, 0.717) is 60.5 Å². The van der Waals surface area contributed by atoms with Crippen molar-refractivity contribution >= 4 is 33.1 Å². The zero-order chi connectivity index (χ0) is 25.4. The fraction of sp³-hybridized carbons (Fsp3) is 0.375. The van der Waals surface area contributed by atoms with Crippen molar-refractivity contribution in [3.63, 3.8) is 0 Å². The van der Waals surface area contributed by atoms with Gasteiger partial charge in [-0.1, -0.05) is 0 Å². The van der Waals surface area contributed by atoms with Crippen molar-refractivity contribution in [2.75, 3.05) is 37.3 Å². The number of hydrogen-bond donors (Lipinski definition) is 3. The molecule has 0 saturated heterocycles. The number of hydrogen-bond acceptors (Lipinski definition) is 8. The molecule has 0 unspecified atom stereocenters. The van der Waals surface area contributed by atoms with E-state index < -0.39 is 10.0 Å². The third-order valence-corrected chi connectivity index (χ3v) is 7.66. The number of anilines is 3. The van der Waals surface area contributed by atoms with Crippen LogP contribution in [-0.4, -0.2) is 70.4 Å². The molecule has 0 bridgehead atoms. The van der Waals surface area contributed by atoms with E-state index in [9.17, 15) is 8.42 Å². The highest BCUT2D eigenvalue weighted by Crippen LogP contribution is 2.35. The summed E-state index contributed by atoms with van der Waals surface area (Å²) in [6, 6.07) is 9.17. The zero-order valence-electron chi connectivity index (χ0n) is 20.7. The first-order valence-electron chi connectivity index (χ1n) is 11.8. The molecule has 3 aromatic heterocycles. The van der Waals surface area contributed by atoms with E-state index in [1.165, 1.54) is 0 Å². The number of imidazole rings is 1. The molecule has 0 radical (unpaired) electrons. The van der Waals surface area contributed by atoms with Gasteiger partial charge < -0.3 is 15.0 Å². The number of sulfonamides is 1. The van der Waals surface area contributed by atoms with Crippen molar-refractivity contribution in [3.8, 4) is 17.0 Å². The Labute approximate surface area is 210 Å². The summed E-state index contributed by atoms with van der Waals surface area (Å²) in [5.74, 6) is 1.65. The number of nitrogens with one attached hydrogen (secondary N) is 3. The van der Waals surface area contributed by atoms with Crippen molar-refractivity contribution in [2.24, 2.45) is 0 Å². The van der Waals surface area contributed by atoms with E-state index in [2.05, 4.69) is 25.2 Å². The first-order valence-corrected chi connectivity index (χ1v) is 13.3. The topological polar surface area (TPSA) is 130 Å². The second kappa shape index (κ2) is 9.43. The van der Waals surface area contributed by atoms with Crippen LogP contribution >= 0.6 is 0 Å². The molecule has 190 valence electrons. The predicted molar refractivity (Wildman–Crippen MR) is 139 cm³/mol. The second-order valence-electron chi connectivity index (χ2n) is 9.35. The normalized spacial score (nSPS) is 13.9. The fourth-order valence-electron chi connectivity index (χ4n) is 3.79. The fourth-order valence-corrected chi connectivity index (χ4v) is 5.18. The lowest BCUT2D eigenvalue weighted by molar-refractivity contribution is 0.262. The van der Waals surface area contributed by atoms with Gasteiger partial charge in [-0.25, -0.2) is 18.4 Å². The minimum Gasteiger partial charge on any atom is -0.490 e. The summed E-state index contributed by atoms with van der Waals surface area (Å²) < 4.78 is 36.1. The quantitative estimate of drug-likeness (QED) is 0.296. The summed E-state index contributed by atoms with van der Waals surface area (Å²) in [6.07, 6.45) is 3.24. The zero-order valence-corrected chi connectivity index (χ0v) is 21.6. The highest BCUT2D eigenvalue weighted by atomic mass is 32.2. The molecule has 1 saturated carbocycles. The largest absolute Gasteiger partial charge is 0.490 e. The van der Waals surface area contributed by atoms with Gasteiger partial charge in [-0.15, -0.1) is 0 Å². The molecule has 0 aliphatic heterocycles. The number of H-pyrrole nitrogens is 1. The molecule has 1 aromatic carbocycles. The lowest BCUT2D eigenvalue weighted by Crippen LogP contribution is -2.21. The molecule has 0 atom stereocenters. The Balaban J connectivity index is 1.54. The molecular formula is C24H30N8O3S. The van der Waals surface area contributed by atoms with Gasteiger partial charge in [0.2, 0.25) is 16.0 Å². The predicted octanol–water partition coefficient (Wildman–Crippen LogP) is 3.32. The van der Waals surface area contributed by atoms with E-state index in [4.69, 9.17) is 9.72 Å². The van der Waals surface area contributed by atoms with Crippen molar-refractivity contribution in [3.05, 3.63) is 47.9 Å². The summed E-state index contributed by atoms with van der Waals surface area (Å²) in [7, 11) is 0.431. The monoisotopic (exact) mass is 510 g/mol. The first kappa shape index (κ1) is 24.1. The minimum atomic E-state index is -3.48. The maximum Gasteiger partial charge on any atom is 0.235 e. The molecule has 5 rings (SSSR count). The number of likely N-dealkylation sites (N-methyl/N-ethyl adjacent to an activating group) is 1. The lowest BCUT2D eigenvalue weighted by atomic mass is 10.1. The molecule has 1 aliphatic rings. The van der Waals surface area contributed by atoms with Crippen LogP contribution in [-0.2, 0) is 10.0 Å². The van der Waals surface area contributed by atoms with E-state index in [-0.39, 0.29) is 5.25 Å². The molecular weight excluding hydrogens is 480 g/mol. The van der Waals surface area contributed by atoms with Crippen LogP contribution in [0.15, 0.2) is 36.5 Å². The molecule has 1 fully saturated rings. The number of fused-ring (bicyclic) bond motifs is 1. The van der Waals surface area contributed by atoms with Crippen LogP contribution < -0.4 is 14.8 Å². The van der Waals surface area contributed by atoms with Gasteiger partial charge in [0.05, 0.1) is 22.3 Å². The first-order chi connectivity index (χ1) is 17.2. The van der Waals surface area contributed by atoms with Crippen molar-refractivity contribution in [2.45, 2.75) is 31.9 Å². The average Bonchev–Trinajstić information content (AvgIpc) is 3.50. The van der Waals surface area contributed by atoms with Gasteiger partial charge in [0.15, 0.2) is 5.82 Å². The number of rotatable bonds is 10. The van der Waals surface area contributed by atoms with Crippen LogP contribution in [0.5, 0.6) is 5.75 Å². The molecule has 36 heavy (non-hydrogen) atoms. The third-order valence-electron chi connectivity index (χ3n) is 5.81. The van der Waals surface area contributed by atoms with Gasteiger partial charge in [-0.05, 0) is 59.0 Å². The molecule has 1 aliphatic carbocycles. The number of aromatic amines is 1. The average molecular weight is 511 g/mol. The number of aromatic nitrogens is 5. The van der Waals surface area contributed by atoms with Gasteiger partial charge in [0, 0.05) is 36.1 Å². The molecule has 0 spiro atoms. The summed E-state index contributed by atoms with van der Waals surface area (Å²) in [4.78, 5) is 11.4. The SMILES string of the molecule is Cc1cn2c(Nc3cc(C)[nH]n3)nc(-c3ccc(OCCN(C)C)c(NS(=O)(=O)C4CC4)c3)cc2n1. The Kier molecular flexibility index (Phi) is 6.31. The van der Waals surface area contributed by atoms with Gasteiger partial charge in [-0.3, -0.25) is 14.2 Å². The maximum absolute atomic E-state index is 12.8. The van der Waals surface area contributed by atoms with Gasteiger partial charge in [-0.2, -0.15) is 5.10 Å². The Hall–Kier alpha value is -3.64. The summed E-state index contributed by atoms with van der Waals surface area (Å²) in [5.41, 5.74) is 4.24. The number of ether oxygens (including phenoxy) is 1. The Morgan fingerprint density at radius 1 is 1.17 bits per heavy atom. The maximum atomic E-state index is 12.8. The third kappa shape index (κ3) is 5.29. The van der Waals surface area contributed by atoms with E-state index >= 15 is 0 Å². The highest BCUT2D eigenvalue weighted by Gasteiger charge is 2.36. The highest BCUT2D eigenvalue weighted by molar-refractivity contribution is 7.93. The minimum absolute atomic E-state index is 0.355. The Morgan fingerprint density at radius 3 is 2.67 bits per heavy atom. The standard InChI is InChI=1S/C24H30N8O3S/c1-15-11-22(29-28-15)27-24-26-19(13-23-25-16(2)14-32(23)24)17-5-8-21(35-10-9-31(3)4)20(12-17)30-36(33,34)18-6-7-18/h5,8,11-14,18,30H,6-7,9-10H2,1-4H3,(H2,26,27,28,29). The molecule has 3 heterocycles. The van der Waals surface area contributed by atoms with Gasteiger partial charge in [0.1, 0.15) is 18.0 Å². The van der Waals surface area contributed by atoms with Crippen LogP contribution in [0.25, 0.3) is 16.9 Å². The number of aryl methyl sites for hydroxylation is 2.